The summed E-state index contributed by atoms with van der Waals surface area (Å²) in [5.74, 6) is 0.137. The van der Waals surface area contributed by atoms with E-state index >= 15 is 0 Å². The normalized spacial score (nSPS) is 15.4. The number of carbonyl (C=O) groups excluding carboxylic acids is 2. The lowest BCUT2D eigenvalue weighted by Crippen LogP contribution is -2.38. The summed E-state index contributed by atoms with van der Waals surface area (Å²) in [5, 5.41) is 3.27. The fourth-order valence-corrected chi connectivity index (χ4v) is 7.08. The first-order valence-corrected chi connectivity index (χ1v) is 14.8. The number of amides is 1. The minimum Gasteiger partial charge on any atom is -0.494 e. The number of unbranched alkanes of at least 4 members (excludes halogenated alkanes) is 1. The molecule has 0 spiro atoms. The first kappa shape index (κ1) is 28.1. The maximum atomic E-state index is 13.4. The van der Waals surface area contributed by atoms with Crippen LogP contribution in [-0.4, -0.2) is 50.9 Å². The van der Waals surface area contributed by atoms with Crippen molar-refractivity contribution >= 4 is 38.2 Å². The third-order valence-electron chi connectivity index (χ3n) is 6.10. The molecule has 1 aromatic carbocycles. The molecular weight excluding hydrogens is 500 g/mol. The lowest BCUT2D eigenvalue weighted by atomic mass is 9.88. The molecular formula is C26H36N2O6S2. The van der Waals surface area contributed by atoms with Gasteiger partial charge in [0.05, 0.1) is 30.2 Å². The molecule has 1 N–H and O–H groups in total. The molecule has 0 radical (unpaired) electrons. The molecule has 1 aromatic heterocycles. The lowest BCUT2D eigenvalue weighted by Gasteiger charge is -2.22. The van der Waals surface area contributed by atoms with Crippen LogP contribution in [0.3, 0.4) is 0 Å². The zero-order chi connectivity index (χ0) is 26.3. The molecule has 0 unspecified atom stereocenters. The second-order valence-corrected chi connectivity index (χ2v) is 12.0. The van der Waals surface area contributed by atoms with Crippen molar-refractivity contribution in [1.29, 1.82) is 0 Å². The van der Waals surface area contributed by atoms with Gasteiger partial charge in [-0.1, -0.05) is 20.3 Å². The number of ether oxygens (including phenoxy) is 2. The zero-order valence-corrected chi connectivity index (χ0v) is 23.1. The molecule has 2 aromatic rings. The van der Waals surface area contributed by atoms with Crippen molar-refractivity contribution in [2.75, 3.05) is 31.6 Å². The van der Waals surface area contributed by atoms with E-state index in [4.69, 9.17) is 9.47 Å². The fraction of sp³-hybridized carbons (Fsp3) is 0.538. The third kappa shape index (κ3) is 6.66. The minimum atomic E-state index is -3.91. The Labute approximate surface area is 218 Å². The van der Waals surface area contributed by atoms with Gasteiger partial charge in [-0.3, -0.25) is 4.79 Å². The van der Waals surface area contributed by atoms with Crippen LogP contribution in [0.1, 0.15) is 67.8 Å². The maximum absolute atomic E-state index is 13.4. The average molecular weight is 537 g/mol. The molecule has 1 amide bonds. The van der Waals surface area contributed by atoms with Crippen LogP contribution in [0, 0.1) is 5.92 Å². The number of thiophene rings is 1. The Bertz CT molecular complexity index is 1160. The summed E-state index contributed by atoms with van der Waals surface area (Å²) in [5.41, 5.74) is 1.35. The average Bonchev–Trinajstić information content (AvgIpc) is 3.19. The Morgan fingerprint density at radius 2 is 1.86 bits per heavy atom. The number of fused-ring (bicyclic) bond motifs is 1. The summed E-state index contributed by atoms with van der Waals surface area (Å²) in [6.07, 6.45) is 3.96. The number of rotatable bonds is 12. The van der Waals surface area contributed by atoms with Crippen molar-refractivity contribution in [3.63, 3.8) is 0 Å². The second-order valence-electron chi connectivity index (χ2n) is 8.92. The van der Waals surface area contributed by atoms with Gasteiger partial charge in [0.15, 0.2) is 0 Å². The molecule has 198 valence electrons. The highest BCUT2D eigenvalue weighted by Crippen LogP contribution is 2.40. The Morgan fingerprint density at radius 1 is 1.14 bits per heavy atom. The summed E-state index contributed by atoms with van der Waals surface area (Å²) in [7, 11) is -3.91. The van der Waals surface area contributed by atoms with Crippen LogP contribution in [0.5, 0.6) is 5.75 Å². The smallest absolute Gasteiger partial charge is 0.341 e. The summed E-state index contributed by atoms with van der Waals surface area (Å²) in [4.78, 5) is 27.1. The van der Waals surface area contributed by atoms with Crippen LogP contribution in [-0.2, 0) is 32.4 Å². The molecule has 1 atom stereocenters. The molecule has 36 heavy (non-hydrogen) atoms. The molecule has 10 heteroatoms. The topological polar surface area (TPSA) is 102 Å². The highest BCUT2D eigenvalue weighted by Gasteiger charge is 2.31. The first-order chi connectivity index (χ1) is 17.2. The van der Waals surface area contributed by atoms with Gasteiger partial charge in [0.1, 0.15) is 10.8 Å². The van der Waals surface area contributed by atoms with Crippen LogP contribution in [0.4, 0.5) is 5.00 Å². The molecule has 0 bridgehead atoms. The molecule has 0 saturated heterocycles. The maximum Gasteiger partial charge on any atom is 0.341 e. The van der Waals surface area contributed by atoms with E-state index in [-0.39, 0.29) is 24.6 Å². The van der Waals surface area contributed by atoms with Gasteiger partial charge in [0, 0.05) is 11.4 Å². The number of esters is 1. The van der Waals surface area contributed by atoms with E-state index in [0.717, 1.165) is 36.1 Å². The summed E-state index contributed by atoms with van der Waals surface area (Å²) in [6.45, 7) is 8.31. The predicted molar refractivity (Wildman–Crippen MR) is 141 cm³/mol. The van der Waals surface area contributed by atoms with E-state index in [2.05, 4.69) is 12.2 Å². The van der Waals surface area contributed by atoms with Gasteiger partial charge in [-0.2, -0.15) is 4.31 Å². The number of sulfonamides is 1. The van der Waals surface area contributed by atoms with Gasteiger partial charge in [-0.15, -0.1) is 11.3 Å². The van der Waals surface area contributed by atoms with Crippen LogP contribution >= 0.6 is 11.3 Å². The largest absolute Gasteiger partial charge is 0.494 e. The Balaban J connectivity index is 1.84. The summed E-state index contributed by atoms with van der Waals surface area (Å²) >= 11 is 1.39. The van der Waals surface area contributed by atoms with Crippen molar-refractivity contribution in [2.45, 2.75) is 64.7 Å². The molecule has 0 aliphatic heterocycles. The molecule has 1 aliphatic rings. The predicted octanol–water partition coefficient (Wildman–Crippen LogP) is 4.88. The van der Waals surface area contributed by atoms with Gasteiger partial charge in [0.25, 0.3) is 0 Å². The van der Waals surface area contributed by atoms with Crippen LogP contribution in [0.25, 0.3) is 0 Å². The molecule has 1 heterocycles. The number of hydrogen-bond acceptors (Lipinski definition) is 7. The lowest BCUT2D eigenvalue weighted by molar-refractivity contribution is -0.116. The monoisotopic (exact) mass is 536 g/mol. The Hall–Kier alpha value is -2.43. The standard InChI is InChI=1S/C26H36N2O6S2/c1-5-8-15-28(36(31,32)20-12-10-19(11-13-20)33-6-2)17-23(29)27-25-24(26(30)34-7-3)21-14-9-18(4)16-22(21)35-25/h10-13,18H,5-9,14-17H2,1-4H3,(H,27,29)/t18-/m1/s1. The number of nitrogens with one attached hydrogen (secondary N) is 1. The minimum absolute atomic E-state index is 0.0997. The van der Waals surface area contributed by atoms with Crippen molar-refractivity contribution in [3.05, 3.63) is 40.3 Å². The van der Waals surface area contributed by atoms with E-state index in [1.54, 1.807) is 19.1 Å². The Morgan fingerprint density at radius 3 is 2.50 bits per heavy atom. The summed E-state index contributed by atoms with van der Waals surface area (Å²) in [6, 6.07) is 6.20. The number of nitrogens with zero attached hydrogens (tertiary/aromatic N) is 1. The number of hydrogen-bond donors (Lipinski definition) is 1. The molecule has 8 nitrogen and oxygen atoms in total. The fourth-order valence-electron chi connectivity index (χ4n) is 4.23. The van der Waals surface area contributed by atoms with Gasteiger partial charge in [-0.25, -0.2) is 13.2 Å². The van der Waals surface area contributed by atoms with E-state index < -0.39 is 21.9 Å². The van der Waals surface area contributed by atoms with Crippen molar-refractivity contribution < 1.29 is 27.5 Å². The zero-order valence-electron chi connectivity index (χ0n) is 21.5. The van der Waals surface area contributed by atoms with E-state index in [1.165, 1.54) is 27.8 Å². The van der Waals surface area contributed by atoms with Crippen molar-refractivity contribution in [2.24, 2.45) is 5.92 Å². The summed E-state index contributed by atoms with van der Waals surface area (Å²) < 4.78 is 38.6. The SMILES string of the molecule is CCCCN(CC(=O)Nc1sc2c(c1C(=O)OCC)CC[C@@H](C)C2)S(=O)(=O)c1ccc(OCC)cc1. The number of anilines is 1. The number of benzene rings is 1. The molecule has 0 saturated carbocycles. The van der Waals surface area contributed by atoms with Crippen LogP contribution < -0.4 is 10.1 Å². The van der Waals surface area contributed by atoms with E-state index in [9.17, 15) is 18.0 Å². The first-order valence-electron chi connectivity index (χ1n) is 12.6. The quantitative estimate of drug-likeness (QED) is 0.388. The van der Waals surface area contributed by atoms with Gasteiger partial charge < -0.3 is 14.8 Å². The van der Waals surface area contributed by atoms with Gasteiger partial charge in [0.2, 0.25) is 15.9 Å². The number of carbonyl (C=O) groups is 2. The van der Waals surface area contributed by atoms with Crippen molar-refractivity contribution in [1.82, 2.24) is 4.31 Å². The van der Waals surface area contributed by atoms with Crippen LogP contribution in [0.2, 0.25) is 0 Å². The Kier molecular flexibility index (Phi) is 9.92. The molecule has 3 rings (SSSR count). The highest BCUT2D eigenvalue weighted by atomic mass is 32.2. The molecule has 0 fully saturated rings. The van der Waals surface area contributed by atoms with Gasteiger partial charge in [-0.05, 0) is 75.3 Å². The van der Waals surface area contributed by atoms with Crippen molar-refractivity contribution in [3.8, 4) is 5.75 Å². The van der Waals surface area contributed by atoms with Crippen LogP contribution in [0.15, 0.2) is 29.2 Å². The van der Waals surface area contributed by atoms with Gasteiger partial charge >= 0.3 is 5.97 Å². The third-order valence-corrected chi connectivity index (χ3v) is 9.13. The second kappa shape index (κ2) is 12.7. The molecule has 1 aliphatic carbocycles. The van der Waals surface area contributed by atoms with E-state index in [0.29, 0.717) is 35.3 Å². The van der Waals surface area contributed by atoms with E-state index in [1.807, 2.05) is 13.8 Å². The highest BCUT2D eigenvalue weighted by molar-refractivity contribution is 7.89.